The molecule has 0 spiro atoms. The number of hydrogen-bond acceptors (Lipinski definition) is 4. The molecule has 0 saturated carbocycles. The number of rotatable bonds is 2. The maximum Gasteiger partial charge on any atom is 0.189 e. The van der Waals surface area contributed by atoms with Gasteiger partial charge in [0.05, 0.1) is 5.60 Å². The van der Waals surface area contributed by atoms with Gasteiger partial charge in [0.25, 0.3) is 0 Å². The maximum absolute atomic E-state index is 5.95. The lowest BCUT2D eigenvalue weighted by molar-refractivity contribution is -0.161. The van der Waals surface area contributed by atoms with E-state index in [-0.39, 0.29) is 11.1 Å². The van der Waals surface area contributed by atoms with E-state index in [0.717, 1.165) is 38.2 Å². The van der Waals surface area contributed by atoms with Crippen LogP contribution in [0, 0.1) is 0 Å². The van der Waals surface area contributed by atoms with Crippen molar-refractivity contribution < 1.29 is 9.47 Å². The minimum Gasteiger partial charge on any atom is -0.472 e. The van der Waals surface area contributed by atoms with Gasteiger partial charge in [-0.1, -0.05) is 12.2 Å². The number of allylic oxidation sites excluding steroid dienone is 2. The smallest absolute Gasteiger partial charge is 0.189 e. The fourth-order valence-corrected chi connectivity index (χ4v) is 3.19. The average molecular weight is 250 g/mol. The van der Waals surface area contributed by atoms with Crippen LogP contribution in [0.25, 0.3) is 0 Å². The first kappa shape index (κ1) is 12.2. The topological polar surface area (TPSA) is 33.7 Å². The summed E-state index contributed by atoms with van der Waals surface area (Å²) in [5, 5.41) is 3.50. The van der Waals surface area contributed by atoms with Crippen molar-refractivity contribution in [3.05, 3.63) is 24.0 Å². The predicted octanol–water partition coefficient (Wildman–Crippen LogP) is 1.26. The van der Waals surface area contributed by atoms with E-state index in [1.165, 1.54) is 0 Å². The Balaban J connectivity index is 1.79. The summed E-state index contributed by atoms with van der Waals surface area (Å²) in [5.41, 5.74) is -0.0350. The van der Waals surface area contributed by atoms with Crippen molar-refractivity contribution in [3.63, 3.8) is 0 Å². The first-order chi connectivity index (χ1) is 8.62. The van der Waals surface area contributed by atoms with Crippen molar-refractivity contribution in [3.8, 4) is 0 Å². The van der Waals surface area contributed by atoms with Gasteiger partial charge >= 0.3 is 0 Å². The summed E-state index contributed by atoms with van der Waals surface area (Å²) < 4.78 is 11.4. The highest BCUT2D eigenvalue weighted by Crippen LogP contribution is 2.39. The molecule has 2 aliphatic heterocycles. The minimum atomic E-state index is -0.176. The summed E-state index contributed by atoms with van der Waals surface area (Å²) in [6, 6.07) is 0. The van der Waals surface area contributed by atoms with Gasteiger partial charge in [0, 0.05) is 31.6 Å². The Morgan fingerprint density at radius 2 is 2.39 bits per heavy atom. The van der Waals surface area contributed by atoms with E-state index in [0.29, 0.717) is 6.79 Å². The lowest BCUT2D eigenvalue weighted by atomic mass is 9.79. The van der Waals surface area contributed by atoms with Crippen molar-refractivity contribution in [2.75, 3.05) is 33.5 Å². The van der Waals surface area contributed by atoms with Crippen molar-refractivity contribution in [1.82, 2.24) is 10.2 Å². The molecule has 0 amide bonds. The largest absolute Gasteiger partial charge is 0.472 e. The lowest BCUT2D eigenvalue weighted by Crippen LogP contribution is -2.61. The molecule has 100 valence electrons. The van der Waals surface area contributed by atoms with E-state index in [1.54, 1.807) is 0 Å². The molecule has 0 aromatic heterocycles. The first-order valence-electron chi connectivity index (χ1n) is 6.69. The Hall–Kier alpha value is -0.840. The van der Waals surface area contributed by atoms with Crippen molar-refractivity contribution in [2.45, 2.75) is 30.9 Å². The molecular weight excluding hydrogens is 228 g/mol. The SMILES string of the molecule is CN1CCNCC1(C)CC12C=CC=C(C1)OCO2. The molecule has 0 radical (unpaired) electrons. The van der Waals surface area contributed by atoms with Crippen LogP contribution >= 0.6 is 0 Å². The average Bonchev–Trinajstić information content (AvgIpc) is 2.33. The van der Waals surface area contributed by atoms with E-state index >= 15 is 0 Å². The molecule has 2 heterocycles. The normalized spacial score (nSPS) is 40.2. The second-order valence-corrected chi connectivity index (χ2v) is 5.91. The van der Waals surface area contributed by atoms with E-state index in [1.807, 2.05) is 6.08 Å². The van der Waals surface area contributed by atoms with Gasteiger partial charge in [-0.2, -0.15) is 0 Å². The highest BCUT2D eigenvalue weighted by Gasteiger charge is 2.44. The minimum absolute atomic E-state index is 0.141. The number of ether oxygens (including phenoxy) is 2. The Labute approximate surface area is 109 Å². The fraction of sp³-hybridized carbons (Fsp3) is 0.714. The number of hydrogen-bond donors (Lipinski definition) is 1. The second kappa shape index (κ2) is 4.37. The molecule has 4 heteroatoms. The molecule has 0 aromatic carbocycles. The molecule has 18 heavy (non-hydrogen) atoms. The van der Waals surface area contributed by atoms with Gasteiger partial charge in [-0.25, -0.2) is 0 Å². The zero-order valence-electron chi connectivity index (χ0n) is 11.2. The monoisotopic (exact) mass is 250 g/mol. The van der Waals surface area contributed by atoms with E-state index < -0.39 is 0 Å². The van der Waals surface area contributed by atoms with Crippen LogP contribution in [-0.2, 0) is 9.47 Å². The quantitative estimate of drug-likeness (QED) is 0.800. The maximum atomic E-state index is 5.95. The zero-order valence-corrected chi connectivity index (χ0v) is 11.2. The van der Waals surface area contributed by atoms with Crippen LogP contribution in [0.4, 0.5) is 0 Å². The molecule has 3 aliphatic rings. The third kappa shape index (κ3) is 2.09. The summed E-state index contributed by atoms with van der Waals surface area (Å²) in [6.07, 6.45) is 8.18. The van der Waals surface area contributed by atoms with Crippen LogP contribution in [0.1, 0.15) is 19.8 Å². The predicted molar refractivity (Wildman–Crippen MR) is 70.1 cm³/mol. The van der Waals surface area contributed by atoms with Gasteiger partial charge in [-0.15, -0.1) is 0 Å². The molecule has 2 fully saturated rings. The molecule has 2 bridgehead atoms. The highest BCUT2D eigenvalue weighted by molar-refractivity contribution is 5.25. The van der Waals surface area contributed by atoms with Crippen LogP contribution in [0.5, 0.6) is 0 Å². The Morgan fingerprint density at radius 3 is 3.22 bits per heavy atom. The zero-order chi connectivity index (χ0) is 12.6. The van der Waals surface area contributed by atoms with Gasteiger partial charge in [0.2, 0.25) is 0 Å². The standard InChI is InChI=1S/C14H22N2O2/c1-13(10-15-6-7-16(13)2)9-14-5-3-4-12(8-14)17-11-18-14/h3-5,15H,6-11H2,1-2H3. The summed E-state index contributed by atoms with van der Waals surface area (Å²) >= 11 is 0. The number of nitrogens with one attached hydrogen (secondary N) is 1. The molecular formula is C14H22N2O2. The first-order valence-corrected chi connectivity index (χ1v) is 6.69. The highest BCUT2D eigenvalue weighted by atomic mass is 16.7. The molecule has 0 aromatic rings. The third-order valence-electron chi connectivity index (χ3n) is 4.48. The molecule has 1 N–H and O–H groups in total. The van der Waals surface area contributed by atoms with Crippen LogP contribution in [-0.4, -0.2) is 49.5 Å². The summed E-state index contributed by atoms with van der Waals surface area (Å²) in [6.45, 7) is 5.88. The van der Waals surface area contributed by atoms with Crippen molar-refractivity contribution in [2.24, 2.45) is 0 Å². The molecule has 2 atom stereocenters. The fourth-order valence-electron chi connectivity index (χ4n) is 3.19. The molecule has 2 unspecified atom stereocenters. The summed E-state index contributed by atoms with van der Waals surface area (Å²) in [7, 11) is 2.21. The third-order valence-corrected chi connectivity index (χ3v) is 4.48. The number of nitrogens with zero attached hydrogens (tertiary/aromatic N) is 1. The van der Waals surface area contributed by atoms with Gasteiger partial charge in [-0.05, 0) is 26.5 Å². The molecule has 1 aliphatic carbocycles. The summed E-state index contributed by atoms with van der Waals surface area (Å²) in [5.74, 6) is 1.05. The van der Waals surface area contributed by atoms with E-state index in [4.69, 9.17) is 9.47 Å². The molecule has 4 nitrogen and oxygen atoms in total. The number of piperazine rings is 1. The number of fused-ring (bicyclic) bond motifs is 2. The Bertz CT molecular complexity index is 393. The number of likely N-dealkylation sites (N-methyl/N-ethyl adjacent to an activating group) is 1. The van der Waals surface area contributed by atoms with Gasteiger partial charge in [-0.3, -0.25) is 4.90 Å². The van der Waals surface area contributed by atoms with Gasteiger partial charge in [0.1, 0.15) is 5.76 Å². The lowest BCUT2D eigenvalue weighted by Gasteiger charge is -2.49. The van der Waals surface area contributed by atoms with Crippen molar-refractivity contribution in [1.29, 1.82) is 0 Å². The van der Waals surface area contributed by atoms with Gasteiger partial charge < -0.3 is 14.8 Å². The summed E-state index contributed by atoms with van der Waals surface area (Å²) in [4.78, 5) is 2.45. The Morgan fingerprint density at radius 1 is 1.50 bits per heavy atom. The van der Waals surface area contributed by atoms with Crippen LogP contribution in [0.3, 0.4) is 0 Å². The molecule has 3 rings (SSSR count). The van der Waals surface area contributed by atoms with Crippen molar-refractivity contribution >= 4 is 0 Å². The van der Waals surface area contributed by atoms with E-state index in [2.05, 4.69) is 36.3 Å². The van der Waals surface area contributed by atoms with Gasteiger partial charge in [0.15, 0.2) is 6.79 Å². The van der Waals surface area contributed by atoms with Crippen LogP contribution in [0.2, 0.25) is 0 Å². The van der Waals surface area contributed by atoms with E-state index in [9.17, 15) is 0 Å². The van der Waals surface area contributed by atoms with Crippen LogP contribution < -0.4 is 5.32 Å². The second-order valence-electron chi connectivity index (χ2n) is 5.91. The molecule has 2 saturated heterocycles. The van der Waals surface area contributed by atoms with Crippen LogP contribution in [0.15, 0.2) is 24.0 Å². The Kier molecular flexibility index (Phi) is 2.96.